The molecule has 1 fully saturated rings. The molecule has 1 heterocycles. The lowest BCUT2D eigenvalue weighted by Crippen LogP contribution is -2.60. The summed E-state index contributed by atoms with van der Waals surface area (Å²) >= 11 is 0. The molecule has 0 aliphatic carbocycles. The molecule has 1 amide bonds. The SMILES string of the molecule is CC(C)(C)OC(=O)[C@@H](NC(=O)OCc1ccccc1)C(O)CN1CC[C@@H]1C(=O)OC(C)(C)C. The molecule has 2 rings (SSSR count). The van der Waals surface area contributed by atoms with Gasteiger partial charge in [0.15, 0.2) is 6.04 Å². The minimum absolute atomic E-state index is 0.0106. The quantitative estimate of drug-likeness (QED) is 0.445. The van der Waals surface area contributed by atoms with Gasteiger partial charge in [0.05, 0.1) is 6.10 Å². The van der Waals surface area contributed by atoms with Gasteiger partial charge in [-0.25, -0.2) is 9.59 Å². The zero-order valence-electron chi connectivity index (χ0n) is 20.3. The van der Waals surface area contributed by atoms with Gasteiger partial charge in [-0.3, -0.25) is 9.69 Å². The molecule has 0 radical (unpaired) electrons. The third-order valence-electron chi connectivity index (χ3n) is 4.76. The van der Waals surface area contributed by atoms with Crippen molar-refractivity contribution in [1.29, 1.82) is 0 Å². The number of aliphatic hydroxyl groups excluding tert-OH is 1. The highest BCUT2D eigenvalue weighted by molar-refractivity contribution is 5.82. The molecule has 2 N–H and O–H groups in total. The summed E-state index contributed by atoms with van der Waals surface area (Å²) in [5.41, 5.74) is -0.664. The van der Waals surface area contributed by atoms with Crippen molar-refractivity contribution in [3.63, 3.8) is 0 Å². The van der Waals surface area contributed by atoms with Gasteiger partial charge in [-0.15, -0.1) is 0 Å². The van der Waals surface area contributed by atoms with Gasteiger partial charge < -0.3 is 24.6 Å². The first-order chi connectivity index (χ1) is 15.2. The predicted octanol–water partition coefficient (Wildman–Crippen LogP) is 2.40. The van der Waals surface area contributed by atoms with E-state index in [9.17, 15) is 19.5 Å². The fourth-order valence-corrected chi connectivity index (χ4v) is 3.21. The number of nitrogens with one attached hydrogen (secondary N) is 1. The standard InChI is InChI=1S/C24H36N2O7/c1-23(2,3)32-20(28)17-12-13-26(17)14-18(27)19(21(29)33-24(4,5)6)25-22(30)31-15-16-10-8-7-9-11-16/h7-11,17-19,27H,12-15H2,1-6H3,(H,25,30)/t17-,18?,19+/m1/s1. The third-order valence-corrected chi connectivity index (χ3v) is 4.76. The normalized spacial score (nSPS) is 18.5. The molecule has 0 spiro atoms. The van der Waals surface area contributed by atoms with Gasteiger partial charge in [-0.2, -0.15) is 0 Å². The number of nitrogens with zero attached hydrogens (tertiary/aromatic N) is 1. The molecule has 0 saturated carbocycles. The molecule has 1 unspecified atom stereocenters. The maximum atomic E-state index is 12.7. The predicted molar refractivity (Wildman–Crippen MR) is 121 cm³/mol. The van der Waals surface area contributed by atoms with Crippen molar-refractivity contribution in [1.82, 2.24) is 10.2 Å². The Kier molecular flexibility index (Phi) is 8.85. The molecule has 9 nitrogen and oxygen atoms in total. The number of benzene rings is 1. The molecule has 1 aromatic rings. The van der Waals surface area contributed by atoms with Crippen LogP contribution in [0.5, 0.6) is 0 Å². The second-order valence-corrected chi connectivity index (χ2v) is 10.1. The van der Waals surface area contributed by atoms with E-state index in [0.29, 0.717) is 13.0 Å². The maximum absolute atomic E-state index is 12.7. The average molecular weight is 465 g/mol. The van der Waals surface area contributed by atoms with Crippen LogP contribution in [0.15, 0.2) is 30.3 Å². The van der Waals surface area contributed by atoms with Crippen molar-refractivity contribution in [2.75, 3.05) is 13.1 Å². The van der Waals surface area contributed by atoms with Gasteiger partial charge in [0.1, 0.15) is 23.9 Å². The van der Waals surface area contributed by atoms with E-state index in [4.69, 9.17) is 14.2 Å². The van der Waals surface area contributed by atoms with Crippen LogP contribution in [0.3, 0.4) is 0 Å². The van der Waals surface area contributed by atoms with Gasteiger partial charge in [-0.05, 0) is 53.5 Å². The number of aliphatic hydroxyl groups is 1. The number of likely N-dealkylation sites (tertiary alicyclic amines) is 1. The number of β-amino-alcohol motifs (C(OH)–C–C–N with tert-alkyl or cyclic N) is 1. The van der Waals surface area contributed by atoms with Crippen LogP contribution in [0, 0.1) is 0 Å². The van der Waals surface area contributed by atoms with Crippen molar-refractivity contribution in [2.45, 2.75) is 84.0 Å². The van der Waals surface area contributed by atoms with Crippen molar-refractivity contribution < 1.29 is 33.7 Å². The van der Waals surface area contributed by atoms with Gasteiger partial charge in [0.25, 0.3) is 0 Å². The van der Waals surface area contributed by atoms with Gasteiger partial charge in [0, 0.05) is 13.1 Å². The molecule has 1 saturated heterocycles. The number of carbonyl (C=O) groups is 3. The molecular weight excluding hydrogens is 428 g/mol. The lowest BCUT2D eigenvalue weighted by molar-refractivity contribution is -0.168. The second kappa shape index (κ2) is 11.0. The Hall–Kier alpha value is -2.65. The van der Waals surface area contributed by atoms with E-state index in [1.165, 1.54) is 0 Å². The Labute approximate surface area is 195 Å². The third kappa shape index (κ3) is 9.01. The number of rotatable bonds is 8. The highest BCUT2D eigenvalue weighted by atomic mass is 16.6. The molecule has 0 bridgehead atoms. The molecule has 9 heteroatoms. The number of carbonyl (C=O) groups excluding carboxylic acids is 3. The summed E-state index contributed by atoms with van der Waals surface area (Å²) in [6, 6.07) is 7.20. The molecule has 3 atom stereocenters. The van der Waals surface area contributed by atoms with Gasteiger partial charge >= 0.3 is 18.0 Å². The van der Waals surface area contributed by atoms with Crippen LogP contribution in [0.25, 0.3) is 0 Å². The van der Waals surface area contributed by atoms with Crippen molar-refractivity contribution in [3.8, 4) is 0 Å². The first-order valence-corrected chi connectivity index (χ1v) is 11.1. The van der Waals surface area contributed by atoms with Gasteiger partial charge in [-0.1, -0.05) is 30.3 Å². The van der Waals surface area contributed by atoms with E-state index in [1.807, 2.05) is 18.2 Å². The highest BCUT2D eigenvalue weighted by Gasteiger charge is 2.41. The number of amides is 1. The van der Waals surface area contributed by atoms with Gasteiger partial charge in [0.2, 0.25) is 0 Å². The molecule has 1 aliphatic rings. The number of esters is 2. The van der Waals surface area contributed by atoms with E-state index in [0.717, 1.165) is 5.56 Å². The molecule has 1 aromatic carbocycles. The van der Waals surface area contributed by atoms with Crippen molar-refractivity contribution in [3.05, 3.63) is 35.9 Å². The Bertz CT molecular complexity index is 814. The summed E-state index contributed by atoms with van der Waals surface area (Å²) in [6.07, 6.45) is -1.60. The average Bonchev–Trinajstić information content (AvgIpc) is 2.65. The zero-order valence-corrected chi connectivity index (χ0v) is 20.3. The number of ether oxygens (including phenoxy) is 3. The van der Waals surface area contributed by atoms with E-state index >= 15 is 0 Å². The van der Waals surface area contributed by atoms with Crippen LogP contribution in [0.1, 0.15) is 53.5 Å². The largest absolute Gasteiger partial charge is 0.459 e. The monoisotopic (exact) mass is 464 g/mol. The summed E-state index contributed by atoms with van der Waals surface area (Å²) in [4.78, 5) is 39.2. The smallest absolute Gasteiger partial charge is 0.408 e. The summed E-state index contributed by atoms with van der Waals surface area (Å²) in [5, 5.41) is 13.2. The second-order valence-electron chi connectivity index (χ2n) is 10.1. The highest BCUT2D eigenvalue weighted by Crippen LogP contribution is 2.22. The Morgan fingerprint density at radius 3 is 2.18 bits per heavy atom. The Morgan fingerprint density at radius 2 is 1.67 bits per heavy atom. The fourth-order valence-electron chi connectivity index (χ4n) is 3.21. The molecular formula is C24H36N2O7. The van der Waals surface area contributed by atoms with Crippen LogP contribution < -0.4 is 5.32 Å². The van der Waals surface area contributed by atoms with Crippen LogP contribution in [-0.2, 0) is 30.4 Å². The number of alkyl carbamates (subject to hydrolysis) is 1. The van der Waals surface area contributed by atoms with Crippen molar-refractivity contribution >= 4 is 18.0 Å². The Morgan fingerprint density at radius 1 is 1.06 bits per heavy atom. The molecule has 33 heavy (non-hydrogen) atoms. The zero-order chi connectivity index (χ0) is 24.8. The summed E-state index contributed by atoms with van der Waals surface area (Å²) in [6.45, 7) is 11.0. The summed E-state index contributed by atoms with van der Waals surface area (Å²) in [5.74, 6) is -1.17. The molecule has 184 valence electrons. The van der Waals surface area contributed by atoms with E-state index in [2.05, 4.69) is 5.32 Å². The van der Waals surface area contributed by atoms with E-state index < -0.39 is 41.5 Å². The topological polar surface area (TPSA) is 114 Å². The number of hydrogen-bond acceptors (Lipinski definition) is 8. The summed E-state index contributed by atoms with van der Waals surface area (Å²) in [7, 11) is 0. The van der Waals surface area contributed by atoms with Crippen LogP contribution in [-0.4, -0.2) is 70.5 Å². The minimum atomic E-state index is -1.37. The maximum Gasteiger partial charge on any atom is 0.408 e. The molecule has 0 aromatic heterocycles. The first-order valence-electron chi connectivity index (χ1n) is 11.1. The lowest BCUT2D eigenvalue weighted by Gasteiger charge is -2.42. The van der Waals surface area contributed by atoms with E-state index in [-0.39, 0.29) is 19.1 Å². The van der Waals surface area contributed by atoms with Crippen LogP contribution in [0.4, 0.5) is 4.79 Å². The first kappa shape index (κ1) is 26.6. The number of hydrogen-bond donors (Lipinski definition) is 2. The van der Waals surface area contributed by atoms with Crippen LogP contribution >= 0.6 is 0 Å². The minimum Gasteiger partial charge on any atom is -0.459 e. The summed E-state index contributed by atoms with van der Waals surface area (Å²) < 4.78 is 16.0. The fraction of sp³-hybridized carbons (Fsp3) is 0.625. The van der Waals surface area contributed by atoms with Crippen molar-refractivity contribution in [2.24, 2.45) is 0 Å². The lowest BCUT2D eigenvalue weighted by atomic mass is 10.00. The van der Waals surface area contributed by atoms with Crippen LogP contribution in [0.2, 0.25) is 0 Å². The molecule has 1 aliphatic heterocycles. The Balaban J connectivity index is 2.02. The van der Waals surface area contributed by atoms with E-state index in [1.54, 1.807) is 58.6 Å².